The van der Waals surface area contributed by atoms with Crippen molar-refractivity contribution in [2.24, 2.45) is 43.3 Å². The number of benzene rings is 11. The Kier molecular flexibility index (Phi) is 44.3. The van der Waals surface area contributed by atoms with Crippen molar-refractivity contribution < 1.29 is 38.4 Å². The summed E-state index contributed by atoms with van der Waals surface area (Å²) in [5, 5.41) is 4.90. The third kappa shape index (κ3) is 41.2. The molecule has 0 radical (unpaired) electrons. The molecule has 0 N–H and O–H groups in total. The zero-order valence-electron chi connectivity index (χ0n) is 87.1. The average molecular weight is 1780 g/mol. The Morgan fingerprint density at radius 3 is 1.10 bits per heavy atom. The molecular weight excluding hydrogens is 1620 g/mol. The molecule has 0 heterocycles. The largest absolute Gasteiger partial charge is 0.299 e. The minimum atomic E-state index is -0.288. The van der Waals surface area contributed by atoms with E-state index in [1.807, 2.05) is 282 Å². The van der Waals surface area contributed by atoms with Gasteiger partial charge in [-0.1, -0.05) is 494 Å². The van der Waals surface area contributed by atoms with Crippen LogP contribution in [0, 0.1) is 50.2 Å². The third-order valence-corrected chi connectivity index (χ3v) is 23.2. The van der Waals surface area contributed by atoms with E-state index in [-0.39, 0.29) is 72.0 Å². The monoisotopic (exact) mass is 1780 g/mol. The summed E-state index contributed by atoms with van der Waals surface area (Å²) in [6, 6.07) is 91.0. The van der Waals surface area contributed by atoms with Crippen molar-refractivity contribution in [1.82, 2.24) is 0 Å². The number of unbranched alkanes of at least 4 members (excludes halogenated alkanes) is 1. The van der Waals surface area contributed by atoms with Crippen molar-refractivity contribution in [1.29, 1.82) is 0 Å². The predicted molar refractivity (Wildman–Crippen MR) is 563 cm³/mol. The molecule has 1 atom stereocenters. The Morgan fingerprint density at radius 2 is 0.629 bits per heavy atom. The van der Waals surface area contributed by atoms with Gasteiger partial charge in [0.15, 0.2) is 0 Å². The lowest BCUT2D eigenvalue weighted by molar-refractivity contribution is -0.127. The number of Topliss-reactive ketones (excluding diaryl/α,β-unsaturated/α-hetero) is 8. The molecular formula is C124H164O8. The first-order chi connectivity index (χ1) is 61.1. The van der Waals surface area contributed by atoms with Crippen molar-refractivity contribution >= 4 is 67.8 Å². The summed E-state index contributed by atoms with van der Waals surface area (Å²) < 4.78 is 0. The van der Waals surface area contributed by atoms with Crippen LogP contribution < -0.4 is 0 Å². The van der Waals surface area contributed by atoms with Crippen LogP contribution in [-0.4, -0.2) is 46.3 Å². The zero-order valence-corrected chi connectivity index (χ0v) is 87.1. The van der Waals surface area contributed by atoms with E-state index in [1.54, 1.807) is 0 Å². The lowest BCUT2D eigenvalue weighted by Gasteiger charge is -2.24. The molecule has 0 bridgehead atoms. The van der Waals surface area contributed by atoms with Gasteiger partial charge in [0, 0.05) is 94.7 Å². The third-order valence-electron chi connectivity index (χ3n) is 23.2. The maximum atomic E-state index is 12.2. The Bertz CT molecular complexity index is 5460. The van der Waals surface area contributed by atoms with Crippen LogP contribution in [0.3, 0.4) is 0 Å². The number of rotatable bonds is 22. The first kappa shape index (κ1) is 114. The molecule has 8 heteroatoms. The highest BCUT2D eigenvalue weighted by atomic mass is 16.2. The van der Waals surface area contributed by atoms with Gasteiger partial charge in [0.05, 0.1) is 0 Å². The average Bonchev–Trinajstić information content (AvgIpc) is 0.836. The van der Waals surface area contributed by atoms with Gasteiger partial charge in [0.25, 0.3) is 0 Å². The van der Waals surface area contributed by atoms with Gasteiger partial charge in [-0.05, 0) is 131 Å². The Balaban J connectivity index is 0.000000318. The molecule has 11 aromatic rings. The highest BCUT2D eigenvalue weighted by Crippen LogP contribution is 2.34. The Hall–Kier alpha value is -10.7. The van der Waals surface area contributed by atoms with Crippen LogP contribution in [-0.2, 0) is 88.7 Å². The normalized spacial score (nSPS) is 11.9. The lowest BCUT2D eigenvalue weighted by atomic mass is 9.80. The second kappa shape index (κ2) is 51.5. The van der Waals surface area contributed by atoms with Gasteiger partial charge in [-0.2, -0.15) is 0 Å². The van der Waals surface area contributed by atoms with E-state index in [9.17, 15) is 38.4 Å². The molecule has 1 unspecified atom stereocenters. The van der Waals surface area contributed by atoms with E-state index in [4.69, 9.17) is 0 Å². The summed E-state index contributed by atoms with van der Waals surface area (Å²) in [4.78, 5) is 95.5. The second-order valence-electron chi connectivity index (χ2n) is 45.2. The number of ketones is 8. The zero-order chi connectivity index (χ0) is 99.6. The van der Waals surface area contributed by atoms with Gasteiger partial charge >= 0.3 is 0 Å². The van der Waals surface area contributed by atoms with Crippen LogP contribution in [0.25, 0.3) is 32.7 Å². The maximum absolute atomic E-state index is 12.2. The molecule has 0 amide bonds. The Labute approximate surface area is 798 Å². The van der Waals surface area contributed by atoms with Gasteiger partial charge in [0.2, 0.25) is 0 Å². The van der Waals surface area contributed by atoms with E-state index >= 15 is 0 Å². The number of fused-ring (bicyclic) bond motifs is 2. The predicted octanol–water partition coefficient (Wildman–Crippen LogP) is 31.9. The molecule has 8 nitrogen and oxygen atoms in total. The van der Waals surface area contributed by atoms with Gasteiger partial charge in [-0.15, -0.1) is 0 Å². The van der Waals surface area contributed by atoms with E-state index in [2.05, 4.69) is 206 Å². The fourth-order valence-corrected chi connectivity index (χ4v) is 13.7. The SMILES string of the molecule is CC(C)(C)C(=O)Cc1cccc(Cc2ccccc2)c1.CC(C)(C)C(=O)Cc1cccc2ccccc12.CC(C)(C)C(=O)Cc1ccccc1-c1ccccc1.CC(C)(C)C(=O)Cc1ccccc1C(C)(C)C.CC(C)c1ccc(CC(=O)C(C)(C)C)cc1.CC(CC(=O)C(C)(C)C)c1cccc2ccccc12.CCCCC(=O)C(C)(C)C.Cc1cccc(CC(=O)C(C)(C)C)c1. The topological polar surface area (TPSA) is 137 Å². The molecule has 708 valence electrons. The molecule has 0 aromatic heterocycles. The molecule has 11 rings (SSSR count). The van der Waals surface area contributed by atoms with Crippen molar-refractivity contribution in [3.8, 4) is 11.1 Å². The molecule has 0 aliphatic carbocycles. The van der Waals surface area contributed by atoms with Gasteiger partial charge in [0.1, 0.15) is 46.3 Å². The quantitative estimate of drug-likeness (QED) is 0.0654. The van der Waals surface area contributed by atoms with Crippen molar-refractivity contribution in [3.63, 3.8) is 0 Å². The van der Waals surface area contributed by atoms with E-state index in [1.165, 1.54) is 66.1 Å². The molecule has 0 spiro atoms. The minimum Gasteiger partial charge on any atom is -0.299 e. The number of carbonyl (C=O) groups excluding carboxylic acids is 8. The summed E-state index contributed by atoms with van der Waals surface area (Å²) in [5.41, 5.74) is 14.9. The fourth-order valence-electron chi connectivity index (χ4n) is 13.7. The number of hydrogen-bond donors (Lipinski definition) is 0. The smallest absolute Gasteiger partial charge is 0.142 e. The van der Waals surface area contributed by atoms with Gasteiger partial charge < -0.3 is 0 Å². The van der Waals surface area contributed by atoms with Crippen molar-refractivity contribution in [2.45, 2.75) is 309 Å². The van der Waals surface area contributed by atoms with Crippen LogP contribution in [0.1, 0.15) is 319 Å². The maximum Gasteiger partial charge on any atom is 0.142 e. The molecule has 0 fully saturated rings. The first-order valence-corrected chi connectivity index (χ1v) is 47.8. The summed E-state index contributed by atoms with van der Waals surface area (Å²) in [5.74, 6) is 3.26. The number of carbonyl (C=O) groups is 8. The standard InChI is InChI=1S/C19H22O.C18H22O.C18H20O.C16H18O.C16H24O.C15H22O.C13H18O.C9H18O/c1-19(2,3)18(20)14-17-11-7-10-16(13-17)12-15-8-5-4-6-9-15;1-13(12-17(19)18(2,3)4)15-11-7-9-14-8-5-6-10-16(14)15;1-18(2,3)17(19)13-15-11-7-8-12-16(15)14-9-5-4-6-10-14;1-16(2,3)15(17)11-13-9-6-8-12-7-4-5-10-14(12)13;1-15(2,3)13-10-8-7-9-12(13)11-14(17)16(4,5)6;1-11(2)13-8-6-12(7-9-13)10-14(16)15(3,4)5;1-10-6-5-7-11(8-10)9-12(14)13(2,3)4;1-5-6-7-8(10)9(2,3)4/h4-11,13H,12,14H2,1-3H3;5-11,13H,12H2,1-4H3;4-12H,13H2,1-3H3;4-10H,11H2,1-3H3;7-10H,11H2,1-6H3;6-9,11H,10H2,1-5H3;5-8H,9H2,1-4H3;5-7H2,1-4H3. The molecule has 0 aliphatic heterocycles. The first-order valence-electron chi connectivity index (χ1n) is 47.8. The summed E-state index contributed by atoms with van der Waals surface area (Å²) >= 11 is 0. The molecule has 11 aromatic carbocycles. The fraction of sp³-hybridized carbons (Fsp3) is 0.435. The second-order valence-corrected chi connectivity index (χ2v) is 45.2. The van der Waals surface area contributed by atoms with Crippen molar-refractivity contribution in [2.75, 3.05) is 0 Å². The van der Waals surface area contributed by atoms with Crippen LogP contribution in [0.15, 0.2) is 267 Å². The summed E-state index contributed by atoms with van der Waals surface area (Å²) in [7, 11) is 0. The summed E-state index contributed by atoms with van der Waals surface area (Å²) in [6.07, 6.45) is 7.59. The molecule has 0 aliphatic rings. The molecule has 0 saturated heterocycles. The highest BCUT2D eigenvalue weighted by molar-refractivity contribution is 5.94. The lowest BCUT2D eigenvalue weighted by Crippen LogP contribution is -2.24. The molecule has 0 saturated carbocycles. The van der Waals surface area contributed by atoms with Gasteiger partial charge in [-0.3, -0.25) is 38.4 Å². The van der Waals surface area contributed by atoms with Crippen molar-refractivity contribution in [3.05, 3.63) is 334 Å². The summed E-state index contributed by atoms with van der Waals surface area (Å²) in [6.45, 7) is 64.6. The van der Waals surface area contributed by atoms with Crippen LogP contribution in [0.4, 0.5) is 0 Å². The van der Waals surface area contributed by atoms with Crippen LogP contribution in [0.5, 0.6) is 0 Å². The van der Waals surface area contributed by atoms with E-state index < -0.39 is 0 Å². The minimum absolute atomic E-state index is 0.0920. The molecule has 132 heavy (non-hydrogen) atoms. The van der Waals surface area contributed by atoms with E-state index in [0.29, 0.717) is 79.8 Å². The number of aryl methyl sites for hydroxylation is 1. The Morgan fingerprint density at radius 1 is 0.280 bits per heavy atom. The van der Waals surface area contributed by atoms with Crippen LogP contribution in [0.2, 0.25) is 0 Å². The number of hydrogen-bond acceptors (Lipinski definition) is 8. The van der Waals surface area contributed by atoms with Gasteiger partial charge in [-0.25, -0.2) is 0 Å². The van der Waals surface area contributed by atoms with E-state index in [0.717, 1.165) is 59.1 Å². The highest BCUT2D eigenvalue weighted by Gasteiger charge is 2.30. The van der Waals surface area contributed by atoms with Crippen LogP contribution >= 0.6 is 0 Å².